The number of rotatable bonds is 5. The Morgan fingerprint density at radius 3 is 2.54 bits per heavy atom. The molecule has 5 aromatic rings. The van der Waals surface area contributed by atoms with Gasteiger partial charge in [0.05, 0.1) is 37.2 Å². The second-order valence-corrected chi connectivity index (χ2v) is 20.8. The summed E-state index contributed by atoms with van der Waals surface area (Å²) in [4.78, 5) is 0. The first-order valence-corrected chi connectivity index (χ1v) is 25.7. The van der Waals surface area contributed by atoms with E-state index in [-0.39, 0.29) is 54.4 Å². The Labute approximate surface area is 406 Å². The van der Waals surface area contributed by atoms with Crippen molar-refractivity contribution in [2.75, 3.05) is 13.2 Å². The molecule has 10 heteroatoms. The molecule has 69 heavy (non-hydrogen) atoms. The molecular formula is C59H67N3O7. The van der Waals surface area contributed by atoms with Crippen LogP contribution in [0.4, 0.5) is 0 Å². The van der Waals surface area contributed by atoms with Crippen molar-refractivity contribution >= 4 is 16.6 Å². The number of fused-ring (bicyclic) bond motifs is 10. The van der Waals surface area contributed by atoms with Gasteiger partial charge in [0.25, 0.3) is 0 Å². The number of nitrogens with zero attached hydrogens (tertiary/aromatic N) is 1. The first-order chi connectivity index (χ1) is 33.7. The van der Waals surface area contributed by atoms with Crippen LogP contribution in [0.3, 0.4) is 0 Å². The lowest BCUT2D eigenvalue weighted by atomic mass is 9.51. The summed E-state index contributed by atoms with van der Waals surface area (Å²) in [6.45, 7) is 0.933. The van der Waals surface area contributed by atoms with Crippen LogP contribution in [-0.4, -0.2) is 62.2 Å². The summed E-state index contributed by atoms with van der Waals surface area (Å²) in [6, 6.07) is 24.8. The minimum Gasteiger partial charge on any atom is -0.508 e. The lowest BCUT2D eigenvalue weighted by molar-refractivity contribution is -0.166. The molecule has 1 saturated heterocycles. The molecule has 11 rings (SSSR count). The Kier molecular flexibility index (Phi) is 12.9. The highest BCUT2D eigenvalue weighted by molar-refractivity contribution is 5.88. The van der Waals surface area contributed by atoms with Crippen molar-refractivity contribution in [3.05, 3.63) is 141 Å². The molecule has 10 nitrogen and oxygen atoms in total. The summed E-state index contributed by atoms with van der Waals surface area (Å²) in [7, 11) is 0. The van der Waals surface area contributed by atoms with Gasteiger partial charge in [-0.15, -0.1) is 0 Å². The minimum atomic E-state index is -0.666. The van der Waals surface area contributed by atoms with Gasteiger partial charge in [0.2, 0.25) is 0 Å². The van der Waals surface area contributed by atoms with Crippen molar-refractivity contribution in [3.63, 3.8) is 0 Å². The van der Waals surface area contributed by atoms with Crippen LogP contribution in [-0.2, 0) is 47.4 Å². The predicted molar refractivity (Wildman–Crippen MR) is 268 cm³/mol. The first kappa shape index (κ1) is 45.9. The Balaban J connectivity index is 1.07. The number of aryl methyl sites for hydroxylation is 3. The lowest BCUT2D eigenvalue weighted by Gasteiger charge is -2.59. The number of nitrogens with two attached hydrogens (primary N) is 1. The molecule has 360 valence electrons. The fourth-order valence-electron chi connectivity index (χ4n) is 13.2. The highest BCUT2D eigenvalue weighted by atomic mass is 16.5. The topological polar surface area (TPSA) is 152 Å². The summed E-state index contributed by atoms with van der Waals surface area (Å²) in [5.74, 6) is 9.12. The van der Waals surface area contributed by atoms with E-state index in [1.807, 2.05) is 24.3 Å². The van der Waals surface area contributed by atoms with Gasteiger partial charge >= 0.3 is 0 Å². The molecule has 5 heterocycles. The van der Waals surface area contributed by atoms with Gasteiger partial charge in [-0.1, -0.05) is 73.6 Å². The maximum Gasteiger partial charge on any atom is 0.161 e. The molecule has 6 atom stereocenters. The second kappa shape index (κ2) is 19.3. The summed E-state index contributed by atoms with van der Waals surface area (Å²) in [5.41, 5.74) is 15.9. The number of aromatic nitrogens is 1. The van der Waals surface area contributed by atoms with Gasteiger partial charge in [-0.05, 0) is 159 Å². The maximum absolute atomic E-state index is 11.7. The van der Waals surface area contributed by atoms with E-state index in [1.165, 1.54) is 36.0 Å². The van der Waals surface area contributed by atoms with E-state index in [2.05, 4.69) is 70.5 Å². The number of aliphatic hydroxyl groups excluding tert-OH is 2. The molecule has 1 saturated carbocycles. The van der Waals surface area contributed by atoms with Gasteiger partial charge in [-0.2, -0.15) is 0 Å². The van der Waals surface area contributed by atoms with Crippen LogP contribution in [0, 0.1) is 23.7 Å². The molecule has 4 aliphatic heterocycles. The quantitative estimate of drug-likeness (QED) is 0.0948. The zero-order valence-electron chi connectivity index (χ0n) is 39.7. The van der Waals surface area contributed by atoms with E-state index >= 15 is 0 Å². The average molecular weight is 930 g/mol. The zero-order valence-corrected chi connectivity index (χ0v) is 39.7. The number of phenolic OH excluding ortho intramolecular Hbond substituents is 2. The van der Waals surface area contributed by atoms with E-state index < -0.39 is 12.3 Å². The normalized spacial score (nSPS) is 26.8. The fourth-order valence-corrected chi connectivity index (χ4v) is 13.2. The second-order valence-electron chi connectivity index (χ2n) is 20.8. The van der Waals surface area contributed by atoms with Gasteiger partial charge in [0.1, 0.15) is 18.2 Å². The van der Waals surface area contributed by atoms with Crippen LogP contribution < -0.4 is 15.8 Å². The van der Waals surface area contributed by atoms with Crippen LogP contribution in [0.25, 0.3) is 16.6 Å². The summed E-state index contributed by atoms with van der Waals surface area (Å²) >= 11 is 0. The number of phenols is 2. The van der Waals surface area contributed by atoms with Crippen molar-refractivity contribution in [1.82, 2.24) is 9.88 Å². The fraction of sp³-hybridized carbons (Fsp3) is 0.458. The van der Waals surface area contributed by atoms with Crippen LogP contribution in [0.2, 0.25) is 0 Å². The van der Waals surface area contributed by atoms with Gasteiger partial charge in [0.15, 0.2) is 11.5 Å². The van der Waals surface area contributed by atoms with Crippen molar-refractivity contribution in [2.24, 2.45) is 17.6 Å². The van der Waals surface area contributed by atoms with Gasteiger partial charge in [-0.3, -0.25) is 0 Å². The van der Waals surface area contributed by atoms with Gasteiger partial charge in [-0.25, -0.2) is 0 Å². The highest BCUT2D eigenvalue weighted by Crippen LogP contribution is 2.59. The molecule has 4 aromatic carbocycles. The monoisotopic (exact) mass is 929 g/mol. The van der Waals surface area contributed by atoms with Gasteiger partial charge < -0.3 is 50.3 Å². The van der Waals surface area contributed by atoms with Crippen LogP contribution in [0.15, 0.2) is 102 Å². The molecule has 6 bridgehead atoms. The molecule has 1 unspecified atom stereocenters. The van der Waals surface area contributed by atoms with E-state index in [4.69, 9.17) is 19.9 Å². The highest BCUT2D eigenvalue weighted by Gasteiger charge is 2.58. The Morgan fingerprint density at radius 2 is 1.68 bits per heavy atom. The number of nitrogens with one attached hydrogen (secondary N) is 1. The molecule has 0 amide bonds. The number of ether oxygens (including phenoxy) is 3. The third kappa shape index (κ3) is 8.98. The van der Waals surface area contributed by atoms with Crippen molar-refractivity contribution in [3.8, 4) is 29.1 Å². The molecule has 2 fully saturated rings. The van der Waals surface area contributed by atoms with Crippen molar-refractivity contribution in [1.29, 1.82) is 0 Å². The summed E-state index contributed by atoms with van der Waals surface area (Å²) in [5, 5.41) is 49.2. The third-order valence-corrected chi connectivity index (χ3v) is 16.7. The lowest BCUT2D eigenvalue weighted by Crippen LogP contribution is -2.59. The predicted octanol–water partition coefficient (Wildman–Crippen LogP) is 9.60. The first-order valence-electron chi connectivity index (χ1n) is 25.7. The number of aromatic hydroxyl groups is 2. The van der Waals surface area contributed by atoms with E-state index in [9.17, 15) is 20.4 Å². The Morgan fingerprint density at radius 1 is 0.841 bits per heavy atom. The third-order valence-electron chi connectivity index (χ3n) is 16.7. The van der Waals surface area contributed by atoms with Crippen molar-refractivity contribution in [2.45, 2.75) is 145 Å². The van der Waals surface area contributed by atoms with E-state index in [0.29, 0.717) is 43.1 Å². The average Bonchev–Trinajstić information content (AvgIpc) is 3.79. The standard InChI is InChI=1S/C59H67N3O7/c60-56-31-42-16-13-38(11-12-39-14-19-47(64)20-15-39)7-6-9-49-32-48(65)21-17-41-30-54(53(66)29-44(41)35-63)68-36-45-28-46(27-43-33-62(34-50(43)45)57(61-56)51(42)37-67-49)59-25-26-69-58(23-4-1-5-24-58)55(59)22-18-40-8-2-3-10-52(40)59/h2-3,8,10,14-15,19-20,27-31,33-34,38,48-49,55-56,61,63-66H,1,4-7,9,11-12,17-18,21-26,32,35-37,60H2/t38-,48+,49-,55-,56?,59-/m0/s1. The minimum absolute atomic E-state index is 0.0257. The van der Waals surface area contributed by atoms with Crippen LogP contribution in [0.1, 0.15) is 122 Å². The number of benzene rings is 4. The van der Waals surface area contributed by atoms with Gasteiger partial charge in [0, 0.05) is 58.2 Å². The van der Waals surface area contributed by atoms with E-state index in [0.717, 1.165) is 109 Å². The molecule has 1 aromatic heterocycles. The number of aliphatic hydroxyl groups is 2. The van der Waals surface area contributed by atoms with E-state index in [1.54, 1.807) is 18.2 Å². The van der Waals surface area contributed by atoms with Crippen LogP contribution in [0.5, 0.6) is 17.2 Å². The number of hydrogen-bond acceptors (Lipinski definition) is 9. The SMILES string of the molecule is NC1C=C2C#C[C@H](CCc3ccc(O)cc3)CCC[C@H]3C[C@H](O)CCc4cc(c(O)cc4CO)OCc4cc([C@]56CCOC7(CCCCC7)[C@@H]5CCc5ccccc56)cc5cn(cc45)C(=C2CO3)N1. The Bertz CT molecular complexity index is 2820. The molecule has 1 spiro atoms. The molecule has 7 N–H and O–H groups in total. The van der Waals surface area contributed by atoms with Crippen molar-refractivity contribution < 1.29 is 34.6 Å². The maximum atomic E-state index is 11.7. The van der Waals surface area contributed by atoms with Crippen LogP contribution >= 0.6 is 0 Å². The smallest absolute Gasteiger partial charge is 0.161 e. The number of hydrogen-bond donors (Lipinski definition) is 6. The number of dihydropyridines is 1. The molecule has 6 aliphatic rings. The largest absolute Gasteiger partial charge is 0.508 e. The summed E-state index contributed by atoms with van der Waals surface area (Å²) in [6.07, 6.45) is 19.4. The Hall–Kier alpha value is -5.54. The zero-order chi connectivity index (χ0) is 47.1. The molecule has 0 radical (unpaired) electrons. The molecular weight excluding hydrogens is 863 g/mol. The molecule has 2 aliphatic carbocycles. The summed E-state index contributed by atoms with van der Waals surface area (Å²) < 4.78 is 22.8.